The number of aliphatic hydroxyl groups excluding tert-OH is 4. The van der Waals surface area contributed by atoms with E-state index in [-0.39, 0.29) is 0 Å². The number of likely N-dealkylation sites (N-methyl/N-ethyl adjacent to an activating group) is 1. The molecule has 1 aliphatic heterocycles. The molecule has 1 fully saturated rings. The molecule has 1 saturated heterocycles. The van der Waals surface area contributed by atoms with Crippen molar-refractivity contribution in [3.63, 3.8) is 0 Å². The number of rotatable bonds is 2. The van der Waals surface area contributed by atoms with Gasteiger partial charge in [-0.15, -0.1) is 0 Å². The van der Waals surface area contributed by atoms with Crippen molar-refractivity contribution in [1.82, 2.24) is 5.32 Å². The molecule has 0 aromatic heterocycles. The zero-order valence-corrected chi connectivity index (χ0v) is 7.66. The summed E-state index contributed by atoms with van der Waals surface area (Å²) >= 11 is 0. The van der Waals surface area contributed by atoms with E-state index in [4.69, 9.17) is 9.84 Å². The maximum Gasteiger partial charge on any atom is 0.255 e. The van der Waals surface area contributed by atoms with Crippen LogP contribution >= 0.6 is 0 Å². The van der Waals surface area contributed by atoms with Gasteiger partial charge in [-0.2, -0.15) is 0 Å². The van der Waals surface area contributed by atoms with Gasteiger partial charge in [0.2, 0.25) is 0 Å². The van der Waals surface area contributed by atoms with E-state index >= 15 is 0 Å². The Morgan fingerprint density at radius 1 is 1.29 bits per heavy atom. The molecule has 1 rings (SSSR count). The number of aliphatic hydroxyl groups is 5. The topological polar surface area (TPSA) is 122 Å². The third-order valence-electron chi connectivity index (χ3n) is 2.32. The molecule has 0 amide bonds. The monoisotopic (exact) mass is 209 g/mol. The van der Waals surface area contributed by atoms with Crippen LogP contribution in [-0.4, -0.2) is 69.5 Å². The molecule has 0 aromatic rings. The van der Waals surface area contributed by atoms with Crippen LogP contribution in [0.1, 0.15) is 0 Å². The van der Waals surface area contributed by atoms with Crippen LogP contribution in [0, 0.1) is 0 Å². The predicted molar refractivity (Wildman–Crippen MR) is 44.0 cm³/mol. The summed E-state index contributed by atoms with van der Waals surface area (Å²) in [5.41, 5.74) is 0. The van der Waals surface area contributed by atoms with Crippen LogP contribution in [0.2, 0.25) is 0 Å². The van der Waals surface area contributed by atoms with Gasteiger partial charge in [0.25, 0.3) is 5.91 Å². The van der Waals surface area contributed by atoms with Crippen molar-refractivity contribution in [2.24, 2.45) is 0 Å². The van der Waals surface area contributed by atoms with Crippen LogP contribution in [0.4, 0.5) is 0 Å². The highest BCUT2D eigenvalue weighted by Gasteiger charge is 2.51. The minimum Gasteiger partial charge on any atom is -0.394 e. The van der Waals surface area contributed by atoms with E-state index in [2.05, 4.69) is 5.32 Å². The third kappa shape index (κ3) is 1.75. The second kappa shape index (κ2) is 4.07. The van der Waals surface area contributed by atoms with E-state index in [1.54, 1.807) is 0 Å². The van der Waals surface area contributed by atoms with Crippen molar-refractivity contribution in [3.8, 4) is 0 Å². The number of nitrogens with one attached hydrogen (secondary N) is 1. The zero-order chi connectivity index (χ0) is 10.9. The number of ether oxygens (including phenoxy) is 1. The van der Waals surface area contributed by atoms with Gasteiger partial charge in [-0.3, -0.25) is 5.32 Å². The lowest BCUT2D eigenvalue weighted by atomic mass is 9.97. The van der Waals surface area contributed by atoms with Gasteiger partial charge in [0, 0.05) is 0 Å². The molecule has 0 spiro atoms. The van der Waals surface area contributed by atoms with Gasteiger partial charge in [0.1, 0.15) is 18.3 Å². The molecular formula is C7H15NO6. The Morgan fingerprint density at radius 3 is 2.29 bits per heavy atom. The van der Waals surface area contributed by atoms with E-state index in [0.29, 0.717) is 0 Å². The maximum atomic E-state index is 9.57. The summed E-state index contributed by atoms with van der Waals surface area (Å²) < 4.78 is 4.80. The van der Waals surface area contributed by atoms with Crippen molar-refractivity contribution in [2.75, 3.05) is 13.7 Å². The first-order chi connectivity index (χ1) is 6.46. The van der Waals surface area contributed by atoms with Crippen molar-refractivity contribution in [3.05, 3.63) is 0 Å². The average Bonchev–Trinajstić information content (AvgIpc) is 2.20. The van der Waals surface area contributed by atoms with Crippen molar-refractivity contribution >= 4 is 0 Å². The van der Waals surface area contributed by atoms with Crippen LogP contribution < -0.4 is 5.32 Å². The summed E-state index contributed by atoms with van der Waals surface area (Å²) in [6.07, 6.45) is -5.86. The molecule has 1 unspecified atom stereocenters. The van der Waals surface area contributed by atoms with E-state index < -0.39 is 36.9 Å². The second-order valence-corrected chi connectivity index (χ2v) is 3.21. The SMILES string of the molecule is CNC1(O)O[C@H](CO)[C@@H](O)[C@H](O)[C@H]1O. The third-order valence-corrected chi connectivity index (χ3v) is 2.32. The molecule has 0 saturated carbocycles. The van der Waals surface area contributed by atoms with Gasteiger partial charge in [-0.1, -0.05) is 0 Å². The minimum absolute atomic E-state index is 0.574. The van der Waals surface area contributed by atoms with Gasteiger partial charge in [0.05, 0.1) is 6.61 Å². The highest BCUT2D eigenvalue weighted by molar-refractivity contribution is 4.94. The molecule has 7 nitrogen and oxygen atoms in total. The summed E-state index contributed by atoms with van der Waals surface area (Å²) in [5.74, 6) is -2.16. The van der Waals surface area contributed by atoms with E-state index in [9.17, 15) is 20.4 Å². The molecule has 6 N–H and O–H groups in total. The Morgan fingerprint density at radius 2 is 1.86 bits per heavy atom. The maximum absolute atomic E-state index is 9.57. The van der Waals surface area contributed by atoms with E-state index in [0.717, 1.165) is 0 Å². The van der Waals surface area contributed by atoms with Crippen molar-refractivity contribution in [1.29, 1.82) is 0 Å². The fourth-order valence-corrected chi connectivity index (χ4v) is 1.36. The Labute approximate surface area is 80.6 Å². The largest absolute Gasteiger partial charge is 0.394 e. The van der Waals surface area contributed by atoms with Crippen LogP contribution in [-0.2, 0) is 4.74 Å². The molecule has 0 bridgehead atoms. The zero-order valence-electron chi connectivity index (χ0n) is 7.66. The Bertz CT molecular complexity index is 201. The van der Waals surface area contributed by atoms with Gasteiger partial charge in [-0.05, 0) is 7.05 Å². The Hall–Kier alpha value is -0.280. The van der Waals surface area contributed by atoms with Gasteiger partial charge < -0.3 is 30.3 Å². The lowest BCUT2D eigenvalue weighted by molar-refractivity contribution is -0.359. The Balaban J connectivity index is 2.84. The average molecular weight is 209 g/mol. The Kier molecular flexibility index (Phi) is 3.43. The normalized spacial score (nSPS) is 49.3. The molecule has 1 aliphatic rings. The lowest BCUT2D eigenvalue weighted by Crippen LogP contribution is -2.69. The fourth-order valence-electron chi connectivity index (χ4n) is 1.36. The summed E-state index contributed by atoms with van der Waals surface area (Å²) in [6, 6.07) is 0. The van der Waals surface area contributed by atoms with E-state index in [1.165, 1.54) is 7.05 Å². The highest BCUT2D eigenvalue weighted by atomic mass is 16.7. The summed E-state index contributed by atoms with van der Waals surface area (Å²) in [6.45, 7) is -0.574. The molecule has 14 heavy (non-hydrogen) atoms. The van der Waals surface area contributed by atoms with Crippen LogP contribution in [0.15, 0.2) is 0 Å². The minimum atomic E-state index is -2.16. The molecule has 0 radical (unpaired) electrons. The van der Waals surface area contributed by atoms with Crippen molar-refractivity contribution in [2.45, 2.75) is 30.3 Å². The first-order valence-electron chi connectivity index (χ1n) is 4.20. The molecule has 7 heteroatoms. The van der Waals surface area contributed by atoms with E-state index in [1.807, 2.05) is 0 Å². The van der Waals surface area contributed by atoms with Crippen LogP contribution in [0.5, 0.6) is 0 Å². The molecule has 5 atom stereocenters. The predicted octanol–water partition coefficient (Wildman–Crippen LogP) is -3.67. The standard InChI is InChI=1S/C7H15NO6/c1-8-7(13)6(12)5(11)4(10)3(2-9)14-7/h3-6,8-13H,2H2,1H3/t3-,4-,5+,6-,7?/m1/s1. The summed E-state index contributed by atoms with van der Waals surface area (Å²) in [4.78, 5) is 0. The van der Waals surface area contributed by atoms with Crippen LogP contribution in [0.25, 0.3) is 0 Å². The molecule has 0 aliphatic carbocycles. The number of hydrogen-bond acceptors (Lipinski definition) is 7. The smallest absolute Gasteiger partial charge is 0.255 e. The van der Waals surface area contributed by atoms with Gasteiger partial charge in [0.15, 0.2) is 6.10 Å². The fraction of sp³-hybridized carbons (Fsp3) is 1.00. The van der Waals surface area contributed by atoms with Crippen molar-refractivity contribution < 1.29 is 30.3 Å². The molecule has 1 heterocycles. The lowest BCUT2D eigenvalue weighted by Gasteiger charge is -2.44. The summed E-state index contributed by atoms with van der Waals surface area (Å²) in [7, 11) is 1.31. The van der Waals surface area contributed by atoms with Crippen LogP contribution in [0.3, 0.4) is 0 Å². The van der Waals surface area contributed by atoms with Gasteiger partial charge >= 0.3 is 0 Å². The molecular weight excluding hydrogens is 194 g/mol. The first kappa shape index (κ1) is 11.8. The molecule has 0 aromatic carbocycles. The van der Waals surface area contributed by atoms with Gasteiger partial charge in [-0.25, -0.2) is 0 Å². The quantitative estimate of drug-likeness (QED) is 0.259. The molecule has 84 valence electrons. The highest BCUT2D eigenvalue weighted by Crippen LogP contribution is 2.25. The first-order valence-corrected chi connectivity index (χ1v) is 4.20. The number of hydrogen-bond donors (Lipinski definition) is 6. The second-order valence-electron chi connectivity index (χ2n) is 3.21. The summed E-state index contributed by atoms with van der Waals surface area (Å²) in [5, 5.41) is 48.6.